The highest BCUT2D eigenvalue weighted by Crippen LogP contribution is 2.16. The molecule has 0 radical (unpaired) electrons. The summed E-state index contributed by atoms with van der Waals surface area (Å²) >= 11 is 0. The number of nitrogens with zero attached hydrogens (tertiary/aromatic N) is 1. The van der Waals surface area contributed by atoms with Crippen molar-refractivity contribution in [1.29, 1.82) is 0 Å². The van der Waals surface area contributed by atoms with Crippen molar-refractivity contribution in [3.63, 3.8) is 0 Å². The van der Waals surface area contributed by atoms with Crippen LogP contribution in [0.1, 0.15) is 31.4 Å². The Labute approximate surface area is 85.8 Å². The van der Waals surface area contributed by atoms with E-state index in [0.717, 1.165) is 19.4 Å². The van der Waals surface area contributed by atoms with E-state index in [4.69, 9.17) is 6.42 Å². The Morgan fingerprint density at radius 3 is 2.79 bits per heavy atom. The molecule has 2 heteroatoms. The average molecular weight is 188 g/mol. The van der Waals surface area contributed by atoms with Crippen LogP contribution < -0.4 is 5.32 Å². The second-order valence-electron chi connectivity index (χ2n) is 3.13. The molecule has 74 valence electrons. The third kappa shape index (κ3) is 3.20. The standard InChI is InChI=1S/C12H16N2/c1-3-5-6-12(14-4-2)11-7-9-13-10-8-11/h1,7-10,12,14H,4-6H2,2H3. The van der Waals surface area contributed by atoms with E-state index in [1.54, 1.807) is 0 Å². The van der Waals surface area contributed by atoms with Gasteiger partial charge >= 0.3 is 0 Å². The van der Waals surface area contributed by atoms with Gasteiger partial charge in [-0.25, -0.2) is 0 Å². The minimum atomic E-state index is 0.360. The predicted molar refractivity (Wildman–Crippen MR) is 58.7 cm³/mol. The number of aromatic nitrogens is 1. The first-order valence-corrected chi connectivity index (χ1v) is 4.95. The Bertz CT molecular complexity index is 287. The summed E-state index contributed by atoms with van der Waals surface area (Å²) in [6, 6.07) is 4.42. The third-order valence-electron chi connectivity index (χ3n) is 2.14. The van der Waals surface area contributed by atoms with Crippen LogP contribution in [0, 0.1) is 12.3 Å². The van der Waals surface area contributed by atoms with Gasteiger partial charge in [-0.1, -0.05) is 6.92 Å². The molecule has 1 aromatic rings. The molecule has 1 heterocycles. The van der Waals surface area contributed by atoms with Gasteiger partial charge in [-0.15, -0.1) is 12.3 Å². The normalized spacial score (nSPS) is 12.0. The van der Waals surface area contributed by atoms with Crippen molar-refractivity contribution in [2.75, 3.05) is 6.54 Å². The van der Waals surface area contributed by atoms with Gasteiger partial charge < -0.3 is 5.32 Å². The summed E-state index contributed by atoms with van der Waals surface area (Å²) < 4.78 is 0. The molecule has 0 aliphatic heterocycles. The molecule has 0 spiro atoms. The van der Waals surface area contributed by atoms with Crippen LogP contribution in [0.4, 0.5) is 0 Å². The molecule has 1 unspecified atom stereocenters. The van der Waals surface area contributed by atoms with Crippen LogP contribution in [0.2, 0.25) is 0 Å². The molecule has 2 nitrogen and oxygen atoms in total. The van der Waals surface area contributed by atoms with Crippen LogP contribution in [-0.2, 0) is 0 Å². The molecule has 0 fully saturated rings. The first kappa shape index (κ1) is 10.7. The number of hydrogen-bond donors (Lipinski definition) is 1. The maximum Gasteiger partial charge on any atom is 0.0330 e. The summed E-state index contributed by atoms with van der Waals surface area (Å²) in [6.45, 7) is 3.06. The fourth-order valence-electron chi connectivity index (χ4n) is 1.46. The van der Waals surface area contributed by atoms with Crippen molar-refractivity contribution in [3.05, 3.63) is 30.1 Å². The van der Waals surface area contributed by atoms with E-state index in [2.05, 4.69) is 23.1 Å². The Balaban J connectivity index is 2.63. The smallest absolute Gasteiger partial charge is 0.0330 e. The van der Waals surface area contributed by atoms with Gasteiger partial charge in [-0.2, -0.15) is 0 Å². The lowest BCUT2D eigenvalue weighted by Crippen LogP contribution is -2.20. The number of pyridine rings is 1. The van der Waals surface area contributed by atoms with E-state index in [0.29, 0.717) is 6.04 Å². The lowest BCUT2D eigenvalue weighted by Gasteiger charge is -2.16. The first-order valence-electron chi connectivity index (χ1n) is 4.95. The number of nitrogens with one attached hydrogen (secondary N) is 1. The third-order valence-corrected chi connectivity index (χ3v) is 2.14. The first-order chi connectivity index (χ1) is 6.88. The van der Waals surface area contributed by atoms with E-state index < -0.39 is 0 Å². The molecule has 1 N–H and O–H groups in total. The maximum atomic E-state index is 5.26. The molecule has 1 atom stereocenters. The Morgan fingerprint density at radius 1 is 1.50 bits per heavy atom. The molecule has 14 heavy (non-hydrogen) atoms. The van der Waals surface area contributed by atoms with Gasteiger partial charge in [-0.3, -0.25) is 4.98 Å². The maximum absolute atomic E-state index is 5.26. The zero-order valence-corrected chi connectivity index (χ0v) is 8.53. The molecule has 0 aromatic carbocycles. The van der Waals surface area contributed by atoms with E-state index in [9.17, 15) is 0 Å². The molecule has 0 saturated carbocycles. The van der Waals surface area contributed by atoms with Crippen molar-refractivity contribution in [2.24, 2.45) is 0 Å². The second kappa shape index (κ2) is 6.17. The van der Waals surface area contributed by atoms with Gasteiger partial charge in [-0.05, 0) is 30.7 Å². The Hall–Kier alpha value is -1.33. The van der Waals surface area contributed by atoms with Crippen molar-refractivity contribution in [3.8, 4) is 12.3 Å². The van der Waals surface area contributed by atoms with Gasteiger partial charge in [0.2, 0.25) is 0 Å². The quantitative estimate of drug-likeness (QED) is 0.716. The van der Waals surface area contributed by atoms with Crippen molar-refractivity contribution in [2.45, 2.75) is 25.8 Å². The summed E-state index contributed by atoms with van der Waals surface area (Å²) in [5.74, 6) is 2.67. The van der Waals surface area contributed by atoms with Gasteiger partial charge in [0.05, 0.1) is 0 Å². The van der Waals surface area contributed by atoms with Crippen LogP contribution in [0.5, 0.6) is 0 Å². The lowest BCUT2D eigenvalue weighted by atomic mass is 10.0. The van der Waals surface area contributed by atoms with Crippen molar-refractivity contribution in [1.82, 2.24) is 10.3 Å². The van der Waals surface area contributed by atoms with E-state index in [1.807, 2.05) is 24.5 Å². The zero-order chi connectivity index (χ0) is 10.2. The largest absolute Gasteiger partial charge is 0.310 e. The van der Waals surface area contributed by atoms with E-state index in [-0.39, 0.29) is 0 Å². The average Bonchev–Trinajstić information content (AvgIpc) is 2.25. The monoisotopic (exact) mass is 188 g/mol. The number of hydrogen-bond acceptors (Lipinski definition) is 2. The van der Waals surface area contributed by atoms with Crippen LogP contribution >= 0.6 is 0 Å². The van der Waals surface area contributed by atoms with E-state index in [1.165, 1.54) is 5.56 Å². The van der Waals surface area contributed by atoms with Crippen LogP contribution in [0.25, 0.3) is 0 Å². The Morgan fingerprint density at radius 2 is 2.21 bits per heavy atom. The van der Waals surface area contributed by atoms with Crippen LogP contribution in [0.3, 0.4) is 0 Å². The van der Waals surface area contributed by atoms with Crippen LogP contribution in [0.15, 0.2) is 24.5 Å². The summed E-state index contributed by atoms with van der Waals surface area (Å²) in [4.78, 5) is 4.00. The fourth-order valence-corrected chi connectivity index (χ4v) is 1.46. The zero-order valence-electron chi connectivity index (χ0n) is 8.53. The van der Waals surface area contributed by atoms with Crippen LogP contribution in [-0.4, -0.2) is 11.5 Å². The van der Waals surface area contributed by atoms with Gasteiger partial charge in [0.1, 0.15) is 0 Å². The number of rotatable bonds is 5. The minimum Gasteiger partial charge on any atom is -0.310 e. The second-order valence-corrected chi connectivity index (χ2v) is 3.13. The van der Waals surface area contributed by atoms with E-state index >= 15 is 0 Å². The Kier molecular flexibility index (Phi) is 4.74. The summed E-state index contributed by atoms with van der Waals surface area (Å²) in [5, 5.41) is 3.41. The van der Waals surface area contributed by atoms with Gasteiger partial charge in [0, 0.05) is 24.9 Å². The molecular weight excluding hydrogens is 172 g/mol. The molecule has 0 aliphatic rings. The molecule has 1 aromatic heterocycles. The SMILES string of the molecule is C#CCCC(NCC)c1ccncc1. The van der Waals surface area contributed by atoms with Crippen molar-refractivity contribution >= 4 is 0 Å². The molecule has 1 rings (SSSR count). The summed E-state index contributed by atoms with van der Waals surface area (Å²) in [5.41, 5.74) is 1.26. The predicted octanol–water partition coefficient (Wildman–Crippen LogP) is 2.15. The molecule has 0 amide bonds. The topological polar surface area (TPSA) is 24.9 Å². The summed E-state index contributed by atoms with van der Waals surface area (Å²) in [6.07, 6.45) is 10.7. The highest BCUT2D eigenvalue weighted by Gasteiger charge is 2.07. The highest BCUT2D eigenvalue weighted by molar-refractivity contribution is 5.15. The van der Waals surface area contributed by atoms with Crippen molar-refractivity contribution < 1.29 is 0 Å². The summed E-state index contributed by atoms with van der Waals surface area (Å²) in [7, 11) is 0. The fraction of sp³-hybridized carbons (Fsp3) is 0.417. The lowest BCUT2D eigenvalue weighted by molar-refractivity contribution is 0.522. The minimum absolute atomic E-state index is 0.360. The molecule has 0 saturated heterocycles. The molecular formula is C12H16N2. The highest BCUT2D eigenvalue weighted by atomic mass is 14.9. The molecule has 0 bridgehead atoms. The van der Waals surface area contributed by atoms with Gasteiger partial charge in [0.25, 0.3) is 0 Å². The molecule has 0 aliphatic carbocycles. The number of terminal acetylenes is 1. The van der Waals surface area contributed by atoms with Gasteiger partial charge in [0.15, 0.2) is 0 Å².